The molecule has 0 radical (unpaired) electrons. The number of nitrogens with zero attached hydrogens (tertiary/aromatic N) is 1. The zero-order valence-electron chi connectivity index (χ0n) is 14.1. The third-order valence-corrected chi connectivity index (χ3v) is 4.74. The Labute approximate surface area is 127 Å². The van der Waals surface area contributed by atoms with Crippen LogP contribution < -0.4 is 5.32 Å². The number of unbranched alkanes of at least 4 members (excludes halogenated alkanes) is 9. The van der Waals surface area contributed by atoms with E-state index in [9.17, 15) is 0 Å². The summed E-state index contributed by atoms with van der Waals surface area (Å²) < 4.78 is 0. The van der Waals surface area contributed by atoms with Gasteiger partial charge in [0, 0.05) is 25.7 Å². The van der Waals surface area contributed by atoms with E-state index in [1.54, 1.807) is 0 Å². The van der Waals surface area contributed by atoms with Crippen molar-refractivity contribution in [3.8, 4) is 0 Å². The van der Waals surface area contributed by atoms with Gasteiger partial charge in [-0.2, -0.15) is 0 Å². The van der Waals surface area contributed by atoms with Crippen molar-refractivity contribution in [2.75, 3.05) is 26.2 Å². The second-order valence-electron chi connectivity index (χ2n) is 6.48. The molecule has 0 aromatic carbocycles. The monoisotopic (exact) mass is 282 g/mol. The van der Waals surface area contributed by atoms with Gasteiger partial charge >= 0.3 is 0 Å². The van der Waals surface area contributed by atoms with Crippen LogP contribution in [0.1, 0.15) is 84.5 Å². The van der Waals surface area contributed by atoms with Crippen LogP contribution in [0.3, 0.4) is 0 Å². The molecule has 1 N–H and O–H groups in total. The molecule has 2 nitrogen and oxygen atoms in total. The highest BCUT2D eigenvalue weighted by atomic mass is 15.2. The van der Waals surface area contributed by atoms with Gasteiger partial charge in [-0.3, -0.25) is 4.90 Å². The molecule has 1 unspecified atom stereocenters. The maximum Gasteiger partial charge on any atom is 0.0218 e. The Kier molecular flexibility index (Phi) is 11.4. The van der Waals surface area contributed by atoms with Crippen molar-refractivity contribution in [3.05, 3.63) is 0 Å². The second kappa shape index (κ2) is 12.6. The van der Waals surface area contributed by atoms with E-state index in [4.69, 9.17) is 0 Å². The van der Waals surface area contributed by atoms with E-state index in [1.807, 2.05) is 0 Å². The van der Waals surface area contributed by atoms with Crippen molar-refractivity contribution in [2.45, 2.75) is 90.5 Å². The van der Waals surface area contributed by atoms with Crippen LogP contribution in [0.15, 0.2) is 0 Å². The third-order valence-electron chi connectivity index (χ3n) is 4.74. The first-order valence-corrected chi connectivity index (χ1v) is 9.33. The molecule has 1 rings (SSSR count). The molecule has 1 fully saturated rings. The lowest BCUT2D eigenvalue weighted by atomic mass is 10.1. The lowest BCUT2D eigenvalue weighted by Gasteiger charge is -2.35. The standard InChI is InChI=1S/C18H38N2/c1-3-5-6-7-8-9-10-11-12-13-15-20-16-14-19-17-18(20)4-2/h18-19H,3-17H2,1-2H3. The van der Waals surface area contributed by atoms with Crippen LogP contribution in [-0.2, 0) is 0 Å². The summed E-state index contributed by atoms with van der Waals surface area (Å²) in [6.07, 6.45) is 15.7. The molecule has 1 saturated heterocycles. The molecule has 0 aromatic heterocycles. The minimum absolute atomic E-state index is 0.794. The van der Waals surface area contributed by atoms with E-state index in [-0.39, 0.29) is 0 Å². The van der Waals surface area contributed by atoms with E-state index in [0.717, 1.165) is 6.04 Å². The van der Waals surface area contributed by atoms with Crippen LogP contribution in [-0.4, -0.2) is 37.1 Å². The second-order valence-corrected chi connectivity index (χ2v) is 6.48. The molecule has 1 atom stereocenters. The molecule has 120 valence electrons. The fourth-order valence-electron chi connectivity index (χ4n) is 3.30. The minimum Gasteiger partial charge on any atom is -0.314 e. The minimum atomic E-state index is 0.794. The lowest BCUT2D eigenvalue weighted by Crippen LogP contribution is -2.51. The summed E-state index contributed by atoms with van der Waals surface area (Å²) in [5.74, 6) is 0. The summed E-state index contributed by atoms with van der Waals surface area (Å²) in [5, 5.41) is 3.51. The largest absolute Gasteiger partial charge is 0.314 e. The van der Waals surface area contributed by atoms with Crippen LogP contribution in [0.5, 0.6) is 0 Å². The van der Waals surface area contributed by atoms with Crippen LogP contribution in [0.2, 0.25) is 0 Å². The average molecular weight is 283 g/mol. The molecule has 1 aliphatic heterocycles. The van der Waals surface area contributed by atoms with Crippen molar-refractivity contribution in [1.82, 2.24) is 10.2 Å². The Morgan fingerprint density at radius 2 is 1.45 bits per heavy atom. The maximum atomic E-state index is 3.51. The molecule has 0 aromatic rings. The molecule has 0 spiro atoms. The van der Waals surface area contributed by atoms with Crippen LogP contribution in [0.25, 0.3) is 0 Å². The number of hydrogen-bond acceptors (Lipinski definition) is 2. The van der Waals surface area contributed by atoms with Gasteiger partial charge in [0.2, 0.25) is 0 Å². The molecule has 20 heavy (non-hydrogen) atoms. The quantitative estimate of drug-likeness (QED) is 0.527. The van der Waals surface area contributed by atoms with Crippen LogP contribution >= 0.6 is 0 Å². The smallest absolute Gasteiger partial charge is 0.0218 e. The predicted molar refractivity (Wildman–Crippen MR) is 90.4 cm³/mol. The van der Waals surface area contributed by atoms with E-state index < -0.39 is 0 Å². The first-order valence-electron chi connectivity index (χ1n) is 9.33. The Hall–Kier alpha value is -0.0800. The molecule has 0 aliphatic carbocycles. The summed E-state index contributed by atoms with van der Waals surface area (Å²) in [6.45, 7) is 9.60. The summed E-state index contributed by atoms with van der Waals surface area (Å²) in [7, 11) is 0. The molecule has 2 heteroatoms. The Balaban J connectivity index is 1.86. The fraction of sp³-hybridized carbons (Fsp3) is 1.00. The van der Waals surface area contributed by atoms with Gasteiger partial charge < -0.3 is 5.32 Å². The van der Waals surface area contributed by atoms with Gasteiger partial charge in [0.1, 0.15) is 0 Å². The summed E-state index contributed by atoms with van der Waals surface area (Å²) in [5.41, 5.74) is 0. The van der Waals surface area contributed by atoms with Gasteiger partial charge in [-0.15, -0.1) is 0 Å². The van der Waals surface area contributed by atoms with Gasteiger partial charge in [0.15, 0.2) is 0 Å². The van der Waals surface area contributed by atoms with E-state index in [0.29, 0.717) is 0 Å². The molecule has 0 saturated carbocycles. The summed E-state index contributed by atoms with van der Waals surface area (Å²) in [4.78, 5) is 2.71. The van der Waals surface area contributed by atoms with Gasteiger partial charge in [-0.1, -0.05) is 71.6 Å². The highest BCUT2D eigenvalue weighted by Gasteiger charge is 2.19. The number of hydrogen-bond donors (Lipinski definition) is 1. The SMILES string of the molecule is CCCCCCCCCCCCN1CCNCC1CC. The zero-order chi connectivity index (χ0) is 14.5. The van der Waals surface area contributed by atoms with E-state index in [1.165, 1.54) is 96.8 Å². The topological polar surface area (TPSA) is 15.3 Å². The van der Waals surface area contributed by atoms with Gasteiger partial charge in [0.05, 0.1) is 0 Å². The molecular formula is C18H38N2. The van der Waals surface area contributed by atoms with Crippen LogP contribution in [0, 0.1) is 0 Å². The van der Waals surface area contributed by atoms with E-state index in [2.05, 4.69) is 24.1 Å². The van der Waals surface area contributed by atoms with Crippen molar-refractivity contribution in [2.24, 2.45) is 0 Å². The predicted octanol–water partition coefficient (Wildman–Crippen LogP) is 4.59. The Morgan fingerprint density at radius 1 is 0.850 bits per heavy atom. The number of rotatable bonds is 12. The lowest BCUT2D eigenvalue weighted by molar-refractivity contribution is 0.154. The number of nitrogens with one attached hydrogen (secondary N) is 1. The van der Waals surface area contributed by atoms with Crippen molar-refractivity contribution in [3.63, 3.8) is 0 Å². The van der Waals surface area contributed by atoms with Crippen molar-refractivity contribution >= 4 is 0 Å². The molecule has 0 bridgehead atoms. The fourth-order valence-corrected chi connectivity index (χ4v) is 3.30. The molecule has 1 heterocycles. The summed E-state index contributed by atoms with van der Waals surface area (Å²) in [6, 6.07) is 0.794. The van der Waals surface area contributed by atoms with Gasteiger partial charge in [-0.25, -0.2) is 0 Å². The molecule has 0 amide bonds. The first kappa shape index (κ1) is 18.0. The Morgan fingerprint density at radius 3 is 2.05 bits per heavy atom. The van der Waals surface area contributed by atoms with Gasteiger partial charge in [0.25, 0.3) is 0 Å². The first-order chi connectivity index (χ1) is 9.88. The summed E-state index contributed by atoms with van der Waals surface area (Å²) >= 11 is 0. The maximum absolute atomic E-state index is 3.51. The normalized spacial score (nSPS) is 20.4. The highest BCUT2D eigenvalue weighted by molar-refractivity contribution is 4.78. The highest BCUT2D eigenvalue weighted by Crippen LogP contribution is 2.12. The van der Waals surface area contributed by atoms with Crippen molar-refractivity contribution < 1.29 is 0 Å². The third kappa shape index (κ3) is 8.26. The Bertz CT molecular complexity index is 206. The molecular weight excluding hydrogens is 244 g/mol. The number of piperazine rings is 1. The van der Waals surface area contributed by atoms with Crippen LogP contribution in [0.4, 0.5) is 0 Å². The average Bonchev–Trinajstić information content (AvgIpc) is 2.49. The zero-order valence-corrected chi connectivity index (χ0v) is 14.1. The van der Waals surface area contributed by atoms with E-state index >= 15 is 0 Å². The van der Waals surface area contributed by atoms with Gasteiger partial charge in [-0.05, 0) is 19.4 Å². The van der Waals surface area contributed by atoms with Crippen molar-refractivity contribution in [1.29, 1.82) is 0 Å². The molecule has 1 aliphatic rings.